The second kappa shape index (κ2) is 8.77. The van der Waals surface area contributed by atoms with Crippen LogP contribution < -0.4 is 14.8 Å². The van der Waals surface area contributed by atoms with E-state index in [9.17, 15) is 4.79 Å². The third kappa shape index (κ3) is 4.11. The summed E-state index contributed by atoms with van der Waals surface area (Å²) in [4.78, 5) is 17.0. The Labute approximate surface area is 181 Å². The molecule has 1 aromatic heterocycles. The molecule has 2 aromatic carbocycles. The first kappa shape index (κ1) is 20.9. The monoisotopic (exact) mass is 422 g/mol. The Kier molecular flexibility index (Phi) is 5.90. The summed E-state index contributed by atoms with van der Waals surface area (Å²) in [6, 6.07) is 15.0. The van der Waals surface area contributed by atoms with Crippen LogP contribution in [0.15, 0.2) is 48.5 Å². The number of benzene rings is 2. The van der Waals surface area contributed by atoms with Crippen molar-refractivity contribution in [3.8, 4) is 22.9 Å². The number of methoxy groups -OCH3 is 2. The Hall–Kier alpha value is -3.39. The van der Waals surface area contributed by atoms with Gasteiger partial charge < -0.3 is 19.5 Å². The van der Waals surface area contributed by atoms with Crippen LogP contribution in [-0.2, 0) is 9.53 Å². The van der Waals surface area contributed by atoms with Gasteiger partial charge in [0.25, 0.3) is 0 Å². The van der Waals surface area contributed by atoms with Crippen molar-refractivity contribution in [3.05, 3.63) is 59.9 Å². The van der Waals surface area contributed by atoms with Gasteiger partial charge in [-0.05, 0) is 31.5 Å². The van der Waals surface area contributed by atoms with Gasteiger partial charge in [0.1, 0.15) is 12.7 Å². The highest BCUT2D eigenvalue weighted by Gasteiger charge is 2.37. The lowest BCUT2D eigenvalue weighted by atomic mass is 9.98. The smallest absolute Gasteiger partial charge is 0.246 e. The lowest BCUT2D eigenvalue weighted by Crippen LogP contribution is -2.42. The molecule has 1 aliphatic rings. The molecule has 1 aliphatic heterocycles. The molecular formula is C23H26N4O4. The molecule has 1 saturated heterocycles. The van der Waals surface area contributed by atoms with Crippen LogP contribution >= 0.6 is 0 Å². The van der Waals surface area contributed by atoms with E-state index in [4.69, 9.17) is 24.3 Å². The Bertz CT molecular complexity index is 1060. The predicted octanol–water partition coefficient (Wildman–Crippen LogP) is 3.47. The summed E-state index contributed by atoms with van der Waals surface area (Å²) in [6.07, 6.45) is -0.511. The van der Waals surface area contributed by atoms with Crippen LogP contribution in [0.4, 0.5) is 0 Å². The lowest BCUT2D eigenvalue weighted by Gasteiger charge is -2.32. The van der Waals surface area contributed by atoms with Crippen LogP contribution in [-0.4, -0.2) is 41.5 Å². The summed E-state index contributed by atoms with van der Waals surface area (Å²) in [5.74, 6) is 2.29. The molecule has 8 heteroatoms. The standard InChI is InChI=1S/C23H26N4O4/c1-14(2)27-23(25-22(26-27)15-8-6-5-7-9-15)21-20(24-19(28)13-31-21)16-10-11-17(29-3)18(12-16)30-4/h5-12,14,20-21H,13H2,1-4H3,(H,24,28)/t20-,21+/m1/s1. The Morgan fingerprint density at radius 1 is 1.10 bits per heavy atom. The number of hydrogen-bond acceptors (Lipinski definition) is 6. The molecule has 8 nitrogen and oxygen atoms in total. The Morgan fingerprint density at radius 2 is 1.84 bits per heavy atom. The highest BCUT2D eigenvalue weighted by molar-refractivity contribution is 5.78. The molecular weight excluding hydrogens is 396 g/mol. The van der Waals surface area contributed by atoms with E-state index in [-0.39, 0.29) is 18.6 Å². The average Bonchev–Trinajstić information content (AvgIpc) is 3.25. The molecule has 4 rings (SSSR count). The number of aromatic nitrogens is 3. The first-order valence-corrected chi connectivity index (χ1v) is 10.2. The fraction of sp³-hybridized carbons (Fsp3) is 0.348. The third-order valence-electron chi connectivity index (χ3n) is 5.21. The largest absolute Gasteiger partial charge is 0.493 e. The molecule has 1 amide bonds. The molecule has 1 fully saturated rings. The molecule has 0 spiro atoms. The van der Waals surface area contributed by atoms with Gasteiger partial charge in [0.15, 0.2) is 23.1 Å². The number of amides is 1. The van der Waals surface area contributed by atoms with E-state index in [0.717, 1.165) is 11.1 Å². The van der Waals surface area contributed by atoms with Gasteiger partial charge in [-0.3, -0.25) is 4.79 Å². The first-order chi connectivity index (χ1) is 15.0. The maximum atomic E-state index is 12.2. The van der Waals surface area contributed by atoms with E-state index in [1.54, 1.807) is 14.2 Å². The number of ether oxygens (including phenoxy) is 3. The summed E-state index contributed by atoms with van der Waals surface area (Å²) in [6.45, 7) is 4.04. The third-order valence-corrected chi connectivity index (χ3v) is 5.21. The fourth-order valence-corrected chi connectivity index (χ4v) is 3.70. The van der Waals surface area contributed by atoms with E-state index >= 15 is 0 Å². The normalized spacial score (nSPS) is 18.7. The van der Waals surface area contributed by atoms with Crippen LogP contribution in [0.1, 0.15) is 43.4 Å². The fourth-order valence-electron chi connectivity index (χ4n) is 3.70. The molecule has 3 aromatic rings. The number of morpholine rings is 1. The van der Waals surface area contributed by atoms with Crippen molar-refractivity contribution in [2.45, 2.75) is 32.0 Å². The predicted molar refractivity (Wildman–Crippen MR) is 115 cm³/mol. The minimum atomic E-state index is -0.511. The summed E-state index contributed by atoms with van der Waals surface area (Å²) >= 11 is 0. The minimum Gasteiger partial charge on any atom is -0.493 e. The van der Waals surface area contributed by atoms with Crippen LogP contribution in [0, 0.1) is 0 Å². The van der Waals surface area contributed by atoms with Gasteiger partial charge in [-0.25, -0.2) is 9.67 Å². The van der Waals surface area contributed by atoms with Crippen molar-refractivity contribution in [1.29, 1.82) is 0 Å². The molecule has 162 valence electrons. The van der Waals surface area contributed by atoms with Crippen LogP contribution in [0.25, 0.3) is 11.4 Å². The van der Waals surface area contributed by atoms with Crippen molar-refractivity contribution >= 4 is 5.91 Å². The van der Waals surface area contributed by atoms with Gasteiger partial charge in [-0.2, -0.15) is 5.10 Å². The molecule has 2 atom stereocenters. The summed E-state index contributed by atoms with van der Waals surface area (Å²) in [5, 5.41) is 7.78. The molecule has 0 bridgehead atoms. The Morgan fingerprint density at radius 3 is 2.52 bits per heavy atom. The van der Waals surface area contributed by atoms with E-state index in [0.29, 0.717) is 23.1 Å². The van der Waals surface area contributed by atoms with Gasteiger partial charge in [0, 0.05) is 11.6 Å². The Balaban J connectivity index is 1.78. The van der Waals surface area contributed by atoms with Gasteiger partial charge in [-0.15, -0.1) is 0 Å². The zero-order chi connectivity index (χ0) is 22.0. The number of rotatable bonds is 6. The summed E-state index contributed by atoms with van der Waals surface area (Å²) in [5.41, 5.74) is 1.75. The number of nitrogens with zero attached hydrogens (tertiary/aromatic N) is 3. The maximum absolute atomic E-state index is 12.2. The zero-order valence-corrected chi connectivity index (χ0v) is 18.0. The molecule has 31 heavy (non-hydrogen) atoms. The summed E-state index contributed by atoms with van der Waals surface area (Å²) < 4.78 is 18.7. The molecule has 0 radical (unpaired) electrons. The highest BCUT2D eigenvalue weighted by Crippen LogP contribution is 2.38. The van der Waals surface area contributed by atoms with Crippen LogP contribution in [0.3, 0.4) is 0 Å². The van der Waals surface area contributed by atoms with Crippen LogP contribution in [0.2, 0.25) is 0 Å². The van der Waals surface area contributed by atoms with Crippen LogP contribution in [0.5, 0.6) is 11.5 Å². The number of carbonyl (C=O) groups is 1. The van der Waals surface area contributed by atoms with Crippen molar-refractivity contribution in [2.24, 2.45) is 0 Å². The average molecular weight is 422 g/mol. The second-order valence-electron chi connectivity index (χ2n) is 7.59. The number of nitrogens with one attached hydrogen (secondary N) is 1. The molecule has 2 heterocycles. The van der Waals surface area contributed by atoms with Crippen molar-refractivity contribution in [1.82, 2.24) is 20.1 Å². The van der Waals surface area contributed by atoms with Gasteiger partial charge in [-0.1, -0.05) is 36.4 Å². The second-order valence-corrected chi connectivity index (χ2v) is 7.59. The van der Waals surface area contributed by atoms with E-state index in [1.165, 1.54) is 0 Å². The van der Waals surface area contributed by atoms with Gasteiger partial charge in [0.05, 0.1) is 20.3 Å². The number of hydrogen-bond donors (Lipinski definition) is 1. The van der Waals surface area contributed by atoms with E-state index in [2.05, 4.69) is 5.32 Å². The van der Waals surface area contributed by atoms with Gasteiger partial charge >= 0.3 is 0 Å². The highest BCUT2D eigenvalue weighted by atomic mass is 16.5. The van der Waals surface area contributed by atoms with E-state index in [1.807, 2.05) is 67.1 Å². The minimum absolute atomic E-state index is 0.0416. The van der Waals surface area contributed by atoms with Crippen molar-refractivity contribution < 1.29 is 19.0 Å². The number of carbonyl (C=O) groups excluding carboxylic acids is 1. The zero-order valence-electron chi connectivity index (χ0n) is 18.0. The topological polar surface area (TPSA) is 87.5 Å². The molecule has 1 N–H and O–H groups in total. The maximum Gasteiger partial charge on any atom is 0.246 e. The van der Waals surface area contributed by atoms with Gasteiger partial charge in [0.2, 0.25) is 5.91 Å². The van der Waals surface area contributed by atoms with E-state index < -0.39 is 12.1 Å². The quantitative estimate of drug-likeness (QED) is 0.655. The molecule has 0 aliphatic carbocycles. The molecule has 0 saturated carbocycles. The lowest BCUT2D eigenvalue weighted by molar-refractivity contribution is -0.138. The molecule has 0 unspecified atom stereocenters. The first-order valence-electron chi connectivity index (χ1n) is 10.2. The van der Waals surface area contributed by atoms with Crippen molar-refractivity contribution in [2.75, 3.05) is 20.8 Å². The van der Waals surface area contributed by atoms with Crippen molar-refractivity contribution in [3.63, 3.8) is 0 Å². The SMILES string of the molecule is COc1ccc([C@H]2NC(=O)CO[C@@H]2c2nc(-c3ccccc3)nn2C(C)C)cc1OC. The summed E-state index contributed by atoms with van der Waals surface area (Å²) in [7, 11) is 3.17.